The molecule has 0 amide bonds. The molecule has 1 aromatic carbocycles. The summed E-state index contributed by atoms with van der Waals surface area (Å²) >= 11 is 0. The first-order valence-corrected chi connectivity index (χ1v) is 13.9. The van der Waals surface area contributed by atoms with E-state index in [0.717, 1.165) is 17.6 Å². The van der Waals surface area contributed by atoms with Crippen LogP contribution in [-0.4, -0.2) is 14.7 Å². The predicted molar refractivity (Wildman–Crippen MR) is 126 cm³/mol. The first-order valence-electron chi connectivity index (χ1n) is 10.8. The molecule has 0 saturated heterocycles. The van der Waals surface area contributed by atoms with Crippen molar-refractivity contribution < 1.29 is 4.74 Å². The van der Waals surface area contributed by atoms with E-state index in [4.69, 9.17) is 4.74 Å². The number of rotatable bonds is 5. The third kappa shape index (κ3) is 3.81. The number of hydrogen-bond acceptors (Lipinski definition) is 1. The fourth-order valence-corrected chi connectivity index (χ4v) is 10.1. The van der Waals surface area contributed by atoms with E-state index in [1.54, 1.807) is 5.57 Å². The van der Waals surface area contributed by atoms with E-state index < -0.39 is 8.07 Å². The molecule has 1 nitrogen and oxygen atoms in total. The Labute approximate surface area is 173 Å². The summed E-state index contributed by atoms with van der Waals surface area (Å²) < 4.78 is 6.40. The third-order valence-electron chi connectivity index (χ3n) is 6.76. The topological polar surface area (TPSA) is 9.23 Å². The van der Waals surface area contributed by atoms with Crippen LogP contribution in [0.2, 0.25) is 18.6 Å². The average Bonchev–Trinajstić information content (AvgIpc) is 2.95. The Bertz CT molecular complexity index is 806. The number of ether oxygens (including phenoxy) is 1. The lowest BCUT2D eigenvalue weighted by atomic mass is 9.85. The summed E-state index contributed by atoms with van der Waals surface area (Å²) in [5.41, 5.74) is 5.14. The maximum atomic E-state index is 6.40. The summed E-state index contributed by atoms with van der Waals surface area (Å²) in [4.78, 5) is 0. The molecule has 1 saturated carbocycles. The molecule has 0 aromatic heterocycles. The smallest absolute Gasteiger partial charge is 0.122 e. The lowest BCUT2D eigenvalue weighted by molar-refractivity contribution is 0.353. The SMILES string of the molecule is C=CCOc1c(C(C)(C)C)cc(C)cc1[Si](C)(C)C1C2=CC=CCC2CC1C. The minimum absolute atomic E-state index is 0.0540. The fourth-order valence-electron chi connectivity index (χ4n) is 5.60. The standard InChI is InChI=1S/C26H38OSi/c1-9-14-27-24-22(26(4,5)6)15-18(2)16-23(24)28(7,8)25-19(3)17-20-12-10-11-13-21(20)25/h9-11,13,15-16,19-20,25H,1,12,14,17H2,2-8H3. The highest BCUT2D eigenvalue weighted by Crippen LogP contribution is 2.53. The van der Waals surface area contributed by atoms with Crippen LogP contribution < -0.4 is 9.92 Å². The van der Waals surface area contributed by atoms with Gasteiger partial charge in [0, 0.05) is 0 Å². The van der Waals surface area contributed by atoms with Crippen LogP contribution in [0.1, 0.15) is 51.7 Å². The van der Waals surface area contributed by atoms with Crippen LogP contribution in [0.3, 0.4) is 0 Å². The van der Waals surface area contributed by atoms with Crippen LogP contribution in [0.15, 0.2) is 48.6 Å². The second-order valence-corrected chi connectivity index (χ2v) is 15.1. The van der Waals surface area contributed by atoms with Crippen molar-refractivity contribution >= 4 is 13.3 Å². The summed E-state index contributed by atoms with van der Waals surface area (Å²) in [5.74, 6) is 2.63. The van der Waals surface area contributed by atoms with Crippen molar-refractivity contribution in [1.29, 1.82) is 0 Å². The molecule has 3 rings (SSSR count). The van der Waals surface area contributed by atoms with Crippen molar-refractivity contribution in [3.8, 4) is 5.75 Å². The van der Waals surface area contributed by atoms with Crippen LogP contribution in [0.4, 0.5) is 0 Å². The van der Waals surface area contributed by atoms with Gasteiger partial charge in [-0.05, 0) is 53.3 Å². The molecule has 0 bridgehead atoms. The predicted octanol–water partition coefficient (Wildman–Crippen LogP) is 6.69. The van der Waals surface area contributed by atoms with Gasteiger partial charge >= 0.3 is 0 Å². The van der Waals surface area contributed by atoms with Crippen molar-refractivity contribution in [3.05, 3.63) is 59.7 Å². The van der Waals surface area contributed by atoms with Crippen LogP contribution in [-0.2, 0) is 5.41 Å². The lowest BCUT2D eigenvalue weighted by Gasteiger charge is -2.38. The summed E-state index contributed by atoms with van der Waals surface area (Å²) in [6.07, 6.45) is 11.5. The number of benzene rings is 1. The van der Waals surface area contributed by atoms with Crippen molar-refractivity contribution in [1.82, 2.24) is 0 Å². The molecule has 1 aromatic rings. The van der Waals surface area contributed by atoms with Crippen molar-refractivity contribution in [2.45, 2.75) is 71.5 Å². The molecule has 2 aliphatic carbocycles. The molecule has 0 spiro atoms. The Hall–Kier alpha value is -1.54. The summed E-state index contributed by atoms with van der Waals surface area (Å²) in [7, 11) is -1.82. The third-order valence-corrected chi connectivity index (χ3v) is 11.0. The molecule has 0 radical (unpaired) electrons. The monoisotopic (exact) mass is 394 g/mol. The Morgan fingerprint density at radius 1 is 1.25 bits per heavy atom. The maximum Gasteiger partial charge on any atom is 0.122 e. The molecule has 2 heteroatoms. The first kappa shape index (κ1) is 21.2. The molecular weight excluding hydrogens is 356 g/mol. The summed E-state index contributed by atoms with van der Waals surface area (Å²) in [5, 5.41) is 1.49. The highest BCUT2D eigenvalue weighted by Gasteiger charge is 2.48. The molecule has 0 heterocycles. The minimum atomic E-state index is -1.82. The first-order chi connectivity index (χ1) is 13.1. The van der Waals surface area contributed by atoms with Crippen molar-refractivity contribution in [2.24, 2.45) is 11.8 Å². The van der Waals surface area contributed by atoms with Crippen LogP contribution in [0, 0.1) is 18.8 Å². The zero-order chi connectivity index (χ0) is 20.7. The fraction of sp³-hybridized carbons (Fsp3) is 0.538. The highest BCUT2D eigenvalue weighted by molar-refractivity contribution is 6.92. The zero-order valence-corrected chi connectivity index (χ0v) is 19.9. The molecule has 3 atom stereocenters. The van der Waals surface area contributed by atoms with E-state index in [1.807, 2.05) is 6.08 Å². The number of aryl methyl sites for hydroxylation is 1. The van der Waals surface area contributed by atoms with Gasteiger partial charge in [-0.3, -0.25) is 0 Å². The van der Waals surface area contributed by atoms with E-state index in [0.29, 0.717) is 12.1 Å². The Morgan fingerprint density at radius 3 is 2.61 bits per heavy atom. The average molecular weight is 395 g/mol. The van der Waals surface area contributed by atoms with Crippen LogP contribution >= 0.6 is 0 Å². The number of allylic oxidation sites excluding steroid dienone is 4. The Kier molecular flexibility index (Phi) is 5.83. The quantitative estimate of drug-likeness (QED) is 0.399. The van der Waals surface area contributed by atoms with Gasteiger partial charge in [-0.15, -0.1) is 0 Å². The van der Waals surface area contributed by atoms with E-state index in [1.165, 1.54) is 29.2 Å². The normalized spacial score (nSPS) is 24.7. The Balaban J connectivity index is 2.17. The van der Waals surface area contributed by atoms with Gasteiger partial charge in [-0.1, -0.05) is 94.9 Å². The van der Waals surface area contributed by atoms with Gasteiger partial charge in [-0.2, -0.15) is 0 Å². The zero-order valence-electron chi connectivity index (χ0n) is 18.9. The van der Waals surface area contributed by atoms with E-state index in [-0.39, 0.29) is 5.41 Å². The van der Waals surface area contributed by atoms with E-state index in [2.05, 4.69) is 84.7 Å². The maximum absolute atomic E-state index is 6.40. The molecule has 0 aliphatic heterocycles. The van der Waals surface area contributed by atoms with Gasteiger partial charge in [0.1, 0.15) is 12.4 Å². The summed E-state index contributed by atoms with van der Waals surface area (Å²) in [6.45, 7) is 21.2. The summed E-state index contributed by atoms with van der Waals surface area (Å²) in [6, 6.07) is 4.76. The van der Waals surface area contributed by atoms with Crippen molar-refractivity contribution in [3.63, 3.8) is 0 Å². The minimum Gasteiger partial charge on any atom is -0.489 e. The molecule has 3 unspecified atom stereocenters. The van der Waals surface area contributed by atoms with Crippen LogP contribution in [0.5, 0.6) is 5.75 Å². The van der Waals surface area contributed by atoms with E-state index in [9.17, 15) is 0 Å². The van der Waals surface area contributed by atoms with Gasteiger partial charge < -0.3 is 4.74 Å². The number of hydrogen-bond donors (Lipinski definition) is 0. The molecule has 28 heavy (non-hydrogen) atoms. The molecule has 152 valence electrons. The van der Waals surface area contributed by atoms with Crippen molar-refractivity contribution in [2.75, 3.05) is 6.61 Å². The second-order valence-electron chi connectivity index (χ2n) is 10.5. The van der Waals surface area contributed by atoms with Gasteiger partial charge in [-0.25, -0.2) is 0 Å². The molecular formula is C26H38OSi. The van der Waals surface area contributed by atoms with Gasteiger partial charge in [0.05, 0.1) is 8.07 Å². The molecule has 2 aliphatic rings. The van der Waals surface area contributed by atoms with Gasteiger partial charge in [0.15, 0.2) is 0 Å². The highest BCUT2D eigenvalue weighted by atomic mass is 28.3. The molecule has 1 fully saturated rings. The largest absolute Gasteiger partial charge is 0.489 e. The second kappa shape index (κ2) is 7.70. The Morgan fingerprint density at radius 2 is 1.96 bits per heavy atom. The van der Waals surface area contributed by atoms with Gasteiger partial charge in [0.2, 0.25) is 0 Å². The molecule has 0 N–H and O–H groups in total. The van der Waals surface area contributed by atoms with E-state index >= 15 is 0 Å². The number of fused-ring (bicyclic) bond motifs is 1. The lowest BCUT2D eigenvalue weighted by Crippen LogP contribution is -2.49. The van der Waals surface area contributed by atoms with Gasteiger partial charge in [0.25, 0.3) is 0 Å². The van der Waals surface area contributed by atoms with Crippen LogP contribution in [0.25, 0.3) is 0 Å².